The SMILES string of the molecule is CCSC(N)=Nc1cccc(CNC(=O)OC(C)(C)C)c1CN. The second-order valence-electron chi connectivity index (χ2n) is 5.86. The maximum absolute atomic E-state index is 11.8. The average Bonchev–Trinajstić information content (AvgIpc) is 2.43. The Labute approximate surface area is 142 Å². The molecule has 0 bridgehead atoms. The number of amides is 1. The van der Waals surface area contributed by atoms with Gasteiger partial charge in [0.25, 0.3) is 0 Å². The maximum atomic E-state index is 11.8. The van der Waals surface area contributed by atoms with E-state index in [0.717, 1.165) is 22.6 Å². The molecule has 128 valence electrons. The maximum Gasteiger partial charge on any atom is 0.407 e. The lowest BCUT2D eigenvalue weighted by Gasteiger charge is -2.20. The van der Waals surface area contributed by atoms with Crippen molar-refractivity contribution < 1.29 is 9.53 Å². The number of benzene rings is 1. The van der Waals surface area contributed by atoms with Crippen molar-refractivity contribution in [3.63, 3.8) is 0 Å². The number of hydrogen-bond acceptors (Lipinski definition) is 5. The summed E-state index contributed by atoms with van der Waals surface area (Å²) in [4.78, 5) is 16.2. The van der Waals surface area contributed by atoms with Gasteiger partial charge in [-0.2, -0.15) is 0 Å². The Morgan fingerprint density at radius 1 is 1.39 bits per heavy atom. The standard InChI is InChI=1S/C16H26N4O2S/c1-5-23-14(18)20-13-8-6-7-11(12(13)9-17)10-19-15(21)22-16(2,3)4/h6-8H,5,9-10,17H2,1-4H3,(H2,18,20)(H,19,21). The van der Waals surface area contributed by atoms with Crippen LogP contribution >= 0.6 is 11.8 Å². The van der Waals surface area contributed by atoms with Crippen LogP contribution in [0.4, 0.5) is 10.5 Å². The lowest BCUT2D eigenvalue weighted by atomic mass is 10.1. The smallest absolute Gasteiger partial charge is 0.407 e. The molecule has 0 fully saturated rings. The van der Waals surface area contributed by atoms with Gasteiger partial charge in [0.15, 0.2) is 5.17 Å². The summed E-state index contributed by atoms with van der Waals surface area (Å²) < 4.78 is 5.23. The first kappa shape index (κ1) is 19.3. The van der Waals surface area contributed by atoms with Crippen molar-refractivity contribution in [3.05, 3.63) is 29.3 Å². The number of nitrogens with one attached hydrogen (secondary N) is 1. The summed E-state index contributed by atoms with van der Waals surface area (Å²) in [6.07, 6.45) is -0.463. The summed E-state index contributed by atoms with van der Waals surface area (Å²) in [6.45, 7) is 8.11. The molecule has 7 heteroatoms. The van der Waals surface area contributed by atoms with E-state index >= 15 is 0 Å². The molecule has 5 N–H and O–H groups in total. The molecule has 0 heterocycles. The van der Waals surface area contributed by atoms with Gasteiger partial charge in [-0.15, -0.1) is 0 Å². The van der Waals surface area contributed by atoms with Gasteiger partial charge < -0.3 is 21.5 Å². The second kappa shape index (κ2) is 8.79. The number of thioether (sulfide) groups is 1. The van der Waals surface area contributed by atoms with Crippen molar-refractivity contribution >= 4 is 28.7 Å². The Balaban J connectivity index is 2.88. The number of rotatable bonds is 5. The number of nitrogens with two attached hydrogens (primary N) is 2. The summed E-state index contributed by atoms with van der Waals surface area (Å²) in [5, 5.41) is 3.23. The van der Waals surface area contributed by atoms with Crippen molar-refractivity contribution in [2.45, 2.75) is 46.4 Å². The highest BCUT2D eigenvalue weighted by Crippen LogP contribution is 2.24. The molecule has 1 amide bonds. The third-order valence-electron chi connectivity index (χ3n) is 2.80. The Hall–Kier alpha value is -1.73. The number of aliphatic imine (C=N–C) groups is 1. The molecule has 1 aromatic rings. The summed E-state index contributed by atoms with van der Waals surface area (Å²) in [6, 6.07) is 5.64. The largest absolute Gasteiger partial charge is 0.444 e. The van der Waals surface area contributed by atoms with Crippen LogP contribution in [-0.2, 0) is 17.8 Å². The fourth-order valence-electron chi connectivity index (χ4n) is 1.91. The first-order chi connectivity index (χ1) is 10.8. The summed E-state index contributed by atoms with van der Waals surface area (Å²) in [7, 11) is 0. The lowest BCUT2D eigenvalue weighted by molar-refractivity contribution is 0.0523. The monoisotopic (exact) mass is 338 g/mol. The first-order valence-electron chi connectivity index (χ1n) is 7.51. The van der Waals surface area contributed by atoms with Crippen LogP contribution < -0.4 is 16.8 Å². The normalized spacial score (nSPS) is 12.1. The number of ether oxygens (including phenoxy) is 1. The summed E-state index contributed by atoms with van der Waals surface area (Å²) in [5.74, 6) is 0.854. The van der Waals surface area contributed by atoms with E-state index in [-0.39, 0.29) is 0 Å². The van der Waals surface area contributed by atoms with Gasteiger partial charge >= 0.3 is 6.09 Å². The van der Waals surface area contributed by atoms with Crippen molar-refractivity contribution in [1.29, 1.82) is 0 Å². The van der Waals surface area contributed by atoms with Crippen LogP contribution in [0.15, 0.2) is 23.2 Å². The van der Waals surface area contributed by atoms with Crippen LogP contribution in [0, 0.1) is 0 Å². The van der Waals surface area contributed by atoms with Gasteiger partial charge in [0.1, 0.15) is 5.60 Å². The van der Waals surface area contributed by atoms with Crippen LogP contribution in [0.1, 0.15) is 38.8 Å². The second-order valence-corrected chi connectivity index (χ2v) is 7.14. The highest BCUT2D eigenvalue weighted by atomic mass is 32.2. The number of nitrogens with zero attached hydrogens (tertiary/aromatic N) is 1. The zero-order valence-corrected chi connectivity index (χ0v) is 15.0. The molecule has 0 aliphatic rings. The van der Waals surface area contributed by atoms with E-state index in [1.807, 2.05) is 45.9 Å². The van der Waals surface area contributed by atoms with Gasteiger partial charge in [-0.05, 0) is 43.7 Å². The van der Waals surface area contributed by atoms with Crippen molar-refractivity contribution in [1.82, 2.24) is 5.32 Å². The quantitative estimate of drug-likeness (QED) is 0.566. The third kappa shape index (κ3) is 6.92. The molecule has 0 saturated heterocycles. The van der Waals surface area contributed by atoms with Gasteiger partial charge in [0.2, 0.25) is 0 Å². The summed E-state index contributed by atoms with van der Waals surface area (Å²) >= 11 is 1.47. The fourth-order valence-corrected chi connectivity index (χ4v) is 2.37. The van der Waals surface area contributed by atoms with E-state index in [4.69, 9.17) is 16.2 Å². The zero-order chi connectivity index (χ0) is 17.5. The molecule has 0 atom stereocenters. The van der Waals surface area contributed by atoms with E-state index in [1.165, 1.54) is 11.8 Å². The van der Waals surface area contributed by atoms with Gasteiger partial charge in [-0.3, -0.25) is 0 Å². The van der Waals surface area contributed by atoms with Gasteiger partial charge in [-0.25, -0.2) is 9.79 Å². The average molecular weight is 338 g/mol. The molecule has 0 radical (unpaired) electrons. The molecule has 23 heavy (non-hydrogen) atoms. The predicted octanol–water partition coefficient (Wildman–Crippen LogP) is 2.87. The minimum absolute atomic E-state index is 0.315. The minimum Gasteiger partial charge on any atom is -0.444 e. The van der Waals surface area contributed by atoms with Crippen molar-refractivity contribution in [2.75, 3.05) is 5.75 Å². The minimum atomic E-state index is -0.529. The molecule has 0 aliphatic carbocycles. The highest BCUT2D eigenvalue weighted by Gasteiger charge is 2.16. The molecule has 1 aromatic carbocycles. The van der Waals surface area contributed by atoms with E-state index in [0.29, 0.717) is 18.3 Å². The molecule has 0 saturated carbocycles. The molecular weight excluding hydrogens is 312 g/mol. The van der Waals surface area contributed by atoms with Crippen molar-refractivity contribution in [2.24, 2.45) is 16.5 Å². The fraction of sp³-hybridized carbons (Fsp3) is 0.500. The molecule has 0 spiro atoms. The molecule has 6 nitrogen and oxygen atoms in total. The van der Waals surface area contributed by atoms with Crippen LogP contribution in [0.25, 0.3) is 0 Å². The van der Waals surface area contributed by atoms with Crippen LogP contribution in [-0.4, -0.2) is 22.6 Å². The lowest BCUT2D eigenvalue weighted by Crippen LogP contribution is -2.32. The number of alkyl carbamates (subject to hydrolysis) is 1. The van der Waals surface area contributed by atoms with Crippen LogP contribution in [0.3, 0.4) is 0 Å². The Bertz CT molecular complexity index is 568. The molecule has 0 aliphatic heterocycles. The van der Waals surface area contributed by atoms with Gasteiger partial charge in [0.05, 0.1) is 5.69 Å². The predicted molar refractivity (Wildman–Crippen MR) is 96.8 cm³/mol. The molecular formula is C16H26N4O2S. The van der Waals surface area contributed by atoms with Gasteiger partial charge in [-0.1, -0.05) is 30.8 Å². The van der Waals surface area contributed by atoms with Gasteiger partial charge in [0, 0.05) is 13.1 Å². The number of carbonyl (C=O) groups is 1. The third-order valence-corrected chi connectivity index (χ3v) is 3.47. The van der Waals surface area contributed by atoms with Crippen molar-refractivity contribution in [3.8, 4) is 0 Å². The number of hydrogen-bond donors (Lipinski definition) is 3. The topological polar surface area (TPSA) is 103 Å². The van der Waals surface area contributed by atoms with E-state index < -0.39 is 11.7 Å². The van der Waals surface area contributed by atoms with Crippen LogP contribution in [0.5, 0.6) is 0 Å². The molecule has 0 aromatic heterocycles. The first-order valence-corrected chi connectivity index (χ1v) is 8.50. The summed E-state index contributed by atoms with van der Waals surface area (Å²) in [5.41, 5.74) is 13.7. The van der Waals surface area contributed by atoms with E-state index in [1.54, 1.807) is 0 Å². The van der Waals surface area contributed by atoms with Crippen LogP contribution in [0.2, 0.25) is 0 Å². The Kier molecular flexibility index (Phi) is 7.38. The van der Waals surface area contributed by atoms with E-state index in [9.17, 15) is 4.79 Å². The number of carbonyl (C=O) groups excluding carboxylic acids is 1. The zero-order valence-electron chi connectivity index (χ0n) is 14.2. The Morgan fingerprint density at radius 3 is 2.65 bits per heavy atom. The molecule has 1 rings (SSSR count). The highest BCUT2D eigenvalue weighted by molar-refractivity contribution is 8.13. The number of amidine groups is 1. The van der Waals surface area contributed by atoms with E-state index in [2.05, 4.69) is 10.3 Å². The molecule has 0 unspecified atom stereocenters. The Morgan fingerprint density at radius 2 is 2.09 bits per heavy atom.